The van der Waals surface area contributed by atoms with Crippen LogP contribution in [0.4, 0.5) is 0 Å². The van der Waals surface area contributed by atoms with Crippen LogP contribution in [0.25, 0.3) is 4.85 Å². The third-order valence-corrected chi connectivity index (χ3v) is 5.25. The predicted octanol–water partition coefficient (Wildman–Crippen LogP) is 1.91. The zero-order chi connectivity index (χ0) is 22.4. The van der Waals surface area contributed by atoms with E-state index in [1.165, 1.54) is 0 Å². The lowest BCUT2D eigenvalue weighted by Gasteiger charge is -2.32. The number of esters is 1. The van der Waals surface area contributed by atoms with E-state index in [0.29, 0.717) is 25.3 Å². The molecule has 0 fully saturated rings. The van der Waals surface area contributed by atoms with E-state index in [4.69, 9.17) is 11.3 Å². The molecule has 0 rings (SSSR count). The molecule has 0 spiro atoms. The fraction of sp³-hybridized carbons (Fsp3) is 0.800. The SMILES string of the molecule is [C-]#[N+]CC(=O)C(C)(C)CC(NN(CC)CC)C(=O)NC(CCSC)C(=O)OCC. The lowest BCUT2D eigenvalue weighted by molar-refractivity contribution is -0.148. The summed E-state index contributed by atoms with van der Waals surface area (Å²) in [6.07, 6.45) is 2.60. The number of rotatable bonds is 15. The molecule has 0 saturated heterocycles. The van der Waals surface area contributed by atoms with Gasteiger partial charge in [-0.05, 0) is 31.8 Å². The molecule has 8 nitrogen and oxygen atoms in total. The van der Waals surface area contributed by atoms with Crippen LogP contribution in [0.5, 0.6) is 0 Å². The summed E-state index contributed by atoms with van der Waals surface area (Å²) in [5, 5.41) is 4.67. The normalized spacial score (nSPS) is 13.4. The predicted molar refractivity (Wildman–Crippen MR) is 116 cm³/mol. The van der Waals surface area contributed by atoms with Crippen LogP contribution in [0.2, 0.25) is 0 Å². The van der Waals surface area contributed by atoms with Gasteiger partial charge in [0.15, 0.2) is 0 Å². The fourth-order valence-electron chi connectivity index (χ4n) is 2.73. The van der Waals surface area contributed by atoms with Gasteiger partial charge in [0.25, 0.3) is 6.54 Å². The van der Waals surface area contributed by atoms with Crippen LogP contribution < -0.4 is 10.7 Å². The number of thioether (sulfide) groups is 1. The molecule has 2 N–H and O–H groups in total. The summed E-state index contributed by atoms with van der Waals surface area (Å²) in [6.45, 7) is 17.4. The Kier molecular flexibility index (Phi) is 13.6. The maximum atomic E-state index is 13.1. The van der Waals surface area contributed by atoms with Crippen molar-refractivity contribution in [3.63, 3.8) is 0 Å². The second kappa shape index (κ2) is 14.4. The van der Waals surface area contributed by atoms with Crippen molar-refractivity contribution in [3.8, 4) is 0 Å². The van der Waals surface area contributed by atoms with E-state index in [0.717, 1.165) is 0 Å². The number of ketones is 1. The van der Waals surface area contributed by atoms with E-state index in [-0.39, 0.29) is 31.3 Å². The molecule has 0 saturated carbocycles. The zero-order valence-corrected chi connectivity index (χ0v) is 19.4. The van der Waals surface area contributed by atoms with E-state index < -0.39 is 23.5 Å². The summed E-state index contributed by atoms with van der Waals surface area (Å²) < 4.78 is 5.10. The minimum Gasteiger partial charge on any atom is -0.464 e. The molecular formula is C20H36N4O4S. The summed E-state index contributed by atoms with van der Waals surface area (Å²) in [5.74, 6) is -0.331. The van der Waals surface area contributed by atoms with Crippen LogP contribution in [0.1, 0.15) is 47.5 Å². The summed E-state index contributed by atoms with van der Waals surface area (Å²) in [7, 11) is 0. The van der Waals surface area contributed by atoms with Gasteiger partial charge in [-0.2, -0.15) is 11.8 Å². The number of carbonyl (C=O) groups excluding carboxylic acids is 3. The van der Waals surface area contributed by atoms with Crippen LogP contribution in [-0.4, -0.2) is 73.0 Å². The average molecular weight is 429 g/mol. The van der Waals surface area contributed by atoms with Crippen molar-refractivity contribution in [1.82, 2.24) is 15.8 Å². The van der Waals surface area contributed by atoms with Crippen molar-refractivity contribution in [1.29, 1.82) is 0 Å². The molecule has 0 aliphatic rings. The van der Waals surface area contributed by atoms with Gasteiger partial charge < -0.3 is 14.9 Å². The average Bonchev–Trinajstić information content (AvgIpc) is 2.68. The Morgan fingerprint density at radius 3 is 2.28 bits per heavy atom. The van der Waals surface area contributed by atoms with Crippen LogP contribution in [0.15, 0.2) is 0 Å². The highest BCUT2D eigenvalue weighted by atomic mass is 32.2. The highest BCUT2D eigenvalue weighted by Crippen LogP contribution is 2.24. The molecule has 0 bridgehead atoms. The van der Waals surface area contributed by atoms with E-state index in [1.807, 2.05) is 25.1 Å². The Morgan fingerprint density at radius 2 is 1.79 bits per heavy atom. The number of hydrazine groups is 1. The van der Waals surface area contributed by atoms with Crippen molar-refractivity contribution in [2.24, 2.45) is 5.41 Å². The molecule has 9 heteroatoms. The topological polar surface area (TPSA) is 92.1 Å². The molecule has 0 aromatic carbocycles. The number of hydrogen-bond donors (Lipinski definition) is 2. The number of amides is 1. The Labute approximate surface area is 179 Å². The highest BCUT2D eigenvalue weighted by Gasteiger charge is 2.36. The standard InChI is InChI=1S/C20H36N4O4S/c1-8-24(9-2)23-16(13-20(4,5)17(25)14-21-6)18(26)22-15(11-12-29-7)19(27)28-10-3/h15-16,23H,8-14H2,1-5,7H3,(H,22,26). The maximum Gasteiger partial charge on any atom is 0.328 e. The van der Waals surface area contributed by atoms with Crippen LogP contribution in [0.3, 0.4) is 0 Å². The third-order valence-electron chi connectivity index (χ3n) is 4.61. The first kappa shape index (κ1) is 27.4. The Balaban J connectivity index is 5.50. The minimum atomic E-state index is -0.856. The van der Waals surface area contributed by atoms with Gasteiger partial charge in [-0.3, -0.25) is 9.59 Å². The third kappa shape index (κ3) is 10.1. The van der Waals surface area contributed by atoms with Crippen molar-refractivity contribution >= 4 is 29.4 Å². The molecule has 0 radical (unpaired) electrons. The van der Waals surface area contributed by atoms with Crippen molar-refractivity contribution < 1.29 is 19.1 Å². The molecule has 29 heavy (non-hydrogen) atoms. The number of carbonyl (C=O) groups is 3. The molecule has 0 aliphatic carbocycles. The van der Waals surface area contributed by atoms with Gasteiger partial charge >= 0.3 is 5.97 Å². The van der Waals surface area contributed by atoms with Gasteiger partial charge in [0.2, 0.25) is 11.7 Å². The monoisotopic (exact) mass is 428 g/mol. The molecule has 0 aromatic heterocycles. The van der Waals surface area contributed by atoms with E-state index in [9.17, 15) is 14.4 Å². The Hall–Kier alpha value is -1.63. The van der Waals surface area contributed by atoms with E-state index >= 15 is 0 Å². The first-order chi connectivity index (χ1) is 13.7. The van der Waals surface area contributed by atoms with Crippen LogP contribution in [-0.2, 0) is 19.1 Å². The van der Waals surface area contributed by atoms with E-state index in [2.05, 4.69) is 15.6 Å². The van der Waals surface area contributed by atoms with Crippen LogP contribution in [0, 0.1) is 12.0 Å². The lowest BCUT2D eigenvalue weighted by atomic mass is 9.81. The van der Waals surface area contributed by atoms with Crippen molar-refractivity contribution in [2.45, 2.75) is 59.5 Å². The maximum absolute atomic E-state index is 13.1. The Bertz CT molecular complexity index is 573. The smallest absolute Gasteiger partial charge is 0.328 e. The van der Waals surface area contributed by atoms with Crippen molar-refractivity contribution in [3.05, 3.63) is 11.4 Å². The van der Waals surface area contributed by atoms with Gasteiger partial charge in [0.1, 0.15) is 12.1 Å². The zero-order valence-electron chi connectivity index (χ0n) is 18.5. The first-order valence-electron chi connectivity index (χ1n) is 10.00. The molecule has 0 heterocycles. The molecule has 2 unspecified atom stereocenters. The molecule has 2 atom stereocenters. The lowest BCUT2D eigenvalue weighted by Crippen LogP contribution is -2.56. The van der Waals surface area contributed by atoms with Crippen molar-refractivity contribution in [2.75, 3.05) is 38.2 Å². The summed E-state index contributed by atoms with van der Waals surface area (Å²) in [5.41, 5.74) is 2.32. The second-order valence-corrected chi connectivity index (χ2v) is 8.26. The van der Waals surface area contributed by atoms with Crippen LogP contribution >= 0.6 is 11.8 Å². The minimum absolute atomic E-state index is 0.210. The number of nitrogens with one attached hydrogen (secondary N) is 2. The number of nitrogens with zero attached hydrogens (tertiary/aromatic N) is 2. The molecule has 0 aromatic rings. The van der Waals surface area contributed by atoms with E-state index in [1.54, 1.807) is 32.5 Å². The highest BCUT2D eigenvalue weighted by molar-refractivity contribution is 7.98. The van der Waals surface area contributed by atoms with Gasteiger partial charge in [-0.15, -0.1) is 0 Å². The van der Waals surface area contributed by atoms with Gasteiger partial charge in [-0.1, -0.05) is 27.7 Å². The quantitative estimate of drug-likeness (QED) is 0.234. The summed E-state index contributed by atoms with van der Waals surface area (Å²) in [4.78, 5) is 40.8. The number of Topliss-reactive ketones (excluding diaryl/α,β-unsaturated/α-hetero) is 1. The molecular weight excluding hydrogens is 392 g/mol. The fourth-order valence-corrected chi connectivity index (χ4v) is 3.20. The van der Waals surface area contributed by atoms with Gasteiger partial charge in [0.05, 0.1) is 6.61 Å². The van der Waals surface area contributed by atoms with Gasteiger partial charge in [0, 0.05) is 18.5 Å². The van der Waals surface area contributed by atoms with Gasteiger partial charge in [-0.25, -0.2) is 21.8 Å². The number of ether oxygens (including phenoxy) is 1. The first-order valence-corrected chi connectivity index (χ1v) is 11.4. The molecule has 1 amide bonds. The summed E-state index contributed by atoms with van der Waals surface area (Å²) in [6, 6.07) is -1.45. The molecule has 166 valence electrons. The summed E-state index contributed by atoms with van der Waals surface area (Å²) >= 11 is 1.58. The molecule has 0 aliphatic heterocycles. The Morgan fingerprint density at radius 1 is 1.17 bits per heavy atom. The largest absolute Gasteiger partial charge is 0.464 e. The second-order valence-electron chi connectivity index (χ2n) is 7.28. The number of hydrogen-bond acceptors (Lipinski definition) is 7.